The minimum Gasteiger partial charge on any atom is -0.469 e. The fourth-order valence-corrected chi connectivity index (χ4v) is 1.05. The van der Waals surface area contributed by atoms with Crippen LogP contribution in [0.4, 0.5) is 0 Å². The molecule has 2 nitrogen and oxygen atoms in total. The Morgan fingerprint density at radius 2 is 2.36 bits per heavy atom. The van der Waals surface area contributed by atoms with Crippen molar-refractivity contribution in [3.05, 3.63) is 23.7 Å². The summed E-state index contributed by atoms with van der Waals surface area (Å²) in [6, 6.07) is 2.29. The summed E-state index contributed by atoms with van der Waals surface area (Å²) >= 11 is 0. The SMILES string of the molecule is Cc1occc1CC[C@@H](C)N. The molecule has 1 aromatic rings. The van der Waals surface area contributed by atoms with Gasteiger partial charge in [-0.05, 0) is 38.3 Å². The first kappa shape index (κ1) is 8.34. The third-order valence-electron chi connectivity index (χ3n) is 1.84. The van der Waals surface area contributed by atoms with Crippen LogP contribution in [0.5, 0.6) is 0 Å². The quantitative estimate of drug-likeness (QED) is 0.720. The lowest BCUT2D eigenvalue weighted by Crippen LogP contribution is -2.15. The highest BCUT2D eigenvalue weighted by atomic mass is 16.3. The summed E-state index contributed by atoms with van der Waals surface area (Å²) < 4.78 is 5.16. The third-order valence-corrected chi connectivity index (χ3v) is 1.84. The van der Waals surface area contributed by atoms with E-state index in [0.717, 1.165) is 18.6 Å². The van der Waals surface area contributed by atoms with Gasteiger partial charge in [-0.3, -0.25) is 0 Å². The molecule has 0 aliphatic heterocycles. The zero-order valence-corrected chi connectivity index (χ0v) is 7.13. The zero-order valence-electron chi connectivity index (χ0n) is 7.13. The predicted molar refractivity (Wildman–Crippen MR) is 45.4 cm³/mol. The standard InChI is InChI=1S/C9H15NO/c1-7(10)3-4-9-5-6-11-8(9)2/h5-7H,3-4,10H2,1-2H3/t7-/m1/s1. The van der Waals surface area contributed by atoms with Crippen molar-refractivity contribution in [3.63, 3.8) is 0 Å². The molecule has 0 saturated heterocycles. The van der Waals surface area contributed by atoms with E-state index in [1.807, 2.05) is 19.9 Å². The highest BCUT2D eigenvalue weighted by molar-refractivity contribution is 5.15. The van der Waals surface area contributed by atoms with Crippen molar-refractivity contribution in [2.75, 3.05) is 0 Å². The van der Waals surface area contributed by atoms with Crippen molar-refractivity contribution >= 4 is 0 Å². The molecule has 0 aliphatic carbocycles. The van der Waals surface area contributed by atoms with Crippen molar-refractivity contribution in [1.29, 1.82) is 0 Å². The minimum atomic E-state index is 0.282. The second-order valence-corrected chi connectivity index (χ2v) is 3.02. The predicted octanol–water partition coefficient (Wildman–Crippen LogP) is 1.87. The molecule has 0 aliphatic rings. The Morgan fingerprint density at radius 1 is 1.64 bits per heavy atom. The van der Waals surface area contributed by atoms with Crippen molar-refractivity contribution in [2.45, 2.75) is 32.7 Å². The maximum absolute atomic E-state index is 5.63. The number of furan rings is 1. The highest BCUT2D eigenvalue weighted by Crippen LogP contribution is 2.11. The number of hydrogen-bond acceptors (Lipinski definition) is 2. The Bertz CT molecular complexity index is 215. The van der Waals surface area contributed by atoms with E-state index in [1.54, 1.807) is 6.26 Å². The van der Waals surface area contributed by atoms with Crippen LogP contribution in [0.2, 0.25) is 0 Å². The van der Waals surface area contributed by atoms with Gasteiger partial charge in [0, 0.05) is 6.04 Å². The third kappa shape index (κ3) is 2.39. The summed E-state index contributed by atoms with van der Waals surface area (Å²) in [5, 5.41) is 0. The number of hydrogen-bond donors (Lipinski definition) is 1. The first-order chi connectivity index (χ1) is 5.20. The molecule has 0 radical (unpaired) electrons. The summed E-state index contributed by atoms with van der Waals surface area (Å²) in [6.45, 7) is 4.01. The minimum absolute atomic E-state index is 0.282. The summed E-state index contributed by atoms with van der Waals surface area (Å²) in [5.74, 6) is 1.02. The molecule has 0 aromatic carbocycles. The van der Waals surface area contributed by atoms with Gasteiger partial charge in [-0.2, -0.15) is 0 Å². The Hall–Kier alpha value is -0.760. The fourth-order valence-electron chi connectivity index (χ4n) is 1.05. The van der Waals surface area contributed by atoms with Crippen LogP contribution in [0.15, 0.2) is 16.7 Å². The van der Waals surface area contributed by atoms with Gasteiger partial charge in [0.25, 0.3) is 0 Å². The molecule has 2 heteroatoms. The molecule has 0 spiro atoms. The van der Waals surface area contributed by atoms with Gasteiger partial charge in [0.15, 0.2) is 0 Å². The average molecular weight is 153 g/mol. The molecule has 0 saturated carbocycles. The molecular weight excluding hydrogens is 138 g/mol. The lowest BCUT2D eigenvalue weighted by atomic mass is 10.1. The van der Waals surface area contributed by atoms with E-state index >= 15 is 0 Å². The van der Waals surface area contributed by atoms with Gasteiger partial charge in [0.2, 0.25) is 0 Å². The topological polar surface area (TPSA) is 39.2 Å². The normalized spacial score (nSPS) is 13.4. The van der Waals surface area contributed by atoms with Gasteiger partial charge in [0.1, 0.15) is 5.76 Å². The molecule has 0 amide bonds. The summed E-state index contributed by atoms with van der Waals surface area (Å²) in [4.78, 5) is 0. The van der Waals surface area contributed by atoms with E-state index in [4.69, 9.17) is 10.2 Å². The molecule has 1 heterocycles. The van der Waals surface area contributed by atoms with E-state index in [1.165, 1.54) is 5.56 Å². The summed E-state index contributed by atoms with van der Waals surface area (Å²) in [6.07, 6.45) is 3.78. The van der Waals surface area contributed by atoms with Crippen molar-refractivity contribution < 1.29 is 4.42 Å². The largest absolute Gasteiger partial charge is 0.469 e. The molecule has 62 valence electrons. The average Bonchev–Trinajstić information content (AvgIpc) is 2.31. The van der Waals surface area contributed by atoms with E-state index in [-0.39, 0.29) is 6.04 Å². The Labute approximate surface area is 67.4 Å². The number of rotatable bonds is 3. The van der Waals surface area contributed by atoms with Gasteiger partial charge < -0.3 is 10.2 Å². The van der Waals surface area contributed by atoms with Crippen LogP contribution in [-0.4, -0.2) is 6.04 Å². The van der Waals surface area contributed by atoms with Crippen LogP contribution in [0.25, 0.3) is 0 Å². The smallest absolute Gasteiger partial charge is 0.103 e. The van der Waals surface area contributed by atoms with Gasteiger partial charge in [-0.25, -0.2) is 0 Å². The van der Waals surface area contributed by atoms with Gasteiger partial charge in [-0.15, -0.1) is 0 Å². The van der Waals surface area contributed by atoms with E-state index in [0.29, 0.717) is 0 Å². The lowest BCUT2D eigenvalue weighted by Gasteiger charge is -2.02. The zero-order chi connectivity index (χ0) is 8.27. The van der Waals surface area contributed by atoms with Gasteiger partial charge in [0.05, 0.1) is 6.26 Å². The van der Waals surface area contributed by atoms with E-state index in [9.17, 15) is 0 Å². The molecule has 1 atom stereocenters. The van der Waals surface area contributed by atoms with Crippen LogP contribution < -0.4 is 5.73 Å². The molecule has 0 fully saturated rings. The maximum Gasteiger partial charge on any atom is 0.103 e. The van der Waals surface area contributed by atoms with Crippen molar-refractivity contribution in [3.8, 4) is 0 Å². The van der Waals surface area contributed by atoms with E-state index < -0.39 is 0 Å². The number of aryl methyl sites for hydroxylation is 2. The van der Waals surface area contributed by atoms with Crippen LogP contribution >= 0.6 is 0 Å². The molecule has 2 N–H and O–H groups in total. The van der Waals surface area contributed by atoms with Crippen molar-refractivity contribution in [2.24, 2.45) is 5.73 Å². The van der Waals surface area contributed by atoms with Crippen LogP contribution in [0, 0.1) is 6.92 Å². The Kier molecular flexibility index (Phi) is 2.71. The second kappa shape index (κ2) is 3.58. The summed E-state index contributed by atoms with van der Waals surface area (Å²) in [5.41, 5.74) is 6.91. The Balaban J connectivity index is 2.44. The van der Waals surface area contributed by atoms with Crippen LogP contribution in [0.1, 0.15) is 24.7 Å². The van der Waals surface area contributed by atoms with Crippen LogP contribution in [0.3, 0.4) is 0 Å². The van der Waals surface area contributed by atoms with E-state index in [2.05, 4.69) is 0 Å². The fraction of sp³-hybridized carbons (Fsp3) is 0.556. The van der Waals surface area contributed by atoms with Crippen LogP contribution in [-0.2, 0) is 6.42 Å². The van der Waals surface area contributed by atoms with Crippen molar-refractivity contribution in [1.82, 2.24) is 0 Å². The molecule has 1 aromatic heterocycles. The number of nitrogens with two attached hydrogens (primary N) is 1. The first-order valence-corrected chi connectivity index (χ1v) is 3.98. The first-order valence-electron chi connectivity index (χ1n) is 3.98. The Morgan fingerprint density at radius 3 is 2.82 bits per heavy atom. The van der Waals surface area contributed by atoms with Gasteiger partial charge in [-0.1, -0.05) is 0 Å². The molecule has 0 unspecified atom stereocenters. The highest BCUT2D eigenvalue weighted by Gasteiger charge is 2.01. The van der Waals surface area contributed by atoms with Gasteiger partial charge >= 0.3 is 0 Å². The summed E-state index contributed by atoms with van der Waals surface area (Å²) in [7, 11) is 0. The molecular formula is C9H15NO. The molecule has 0 bridgehead atoms. The molecule has 1 rings (SSSR count). The lowest BCUT2D eigenvalue weighted by molar-refractivity contribution is 0.527. The monoisotopic (exact) mass is 153 g/mol. The molecule has 11 heavy (non-hydrogen) atoms. The second-order valence-electron chi connectivity index (χ2n) is 3.02. The maximum atomic E-state index is 5.63.